The number of rotatable bonds is 4. The van der Waals surface area contributed by atoms with Crippen molar-refractivity contribution < 1.29 is 19.5 Å². The van der Waals surface area contributed by atoms with E-state index >= 15 is 0 Å². The van der Waals surface area contributed by atoms with Crippen molar-refractivity contribution in [3.8, 4) is 0 Å². The number of aliphatic hydroxyl groups is 1. The molecule has 1 aliphatic heterocycles. The molecule has 0 saturated carbocycles. The number of carbonyl (C=O) groups excluding carboxylic acids is 3. The highest BCUT2D eigenvalue weighted by molar-refractivity contribution is 7.81. The van der Waals surface area contributed by atoms with Crippen LogP contribution in [0.1, 0.15) is 88.5 Å². The van der Waals surface area contributed by atoms with E-state index in [1.165, 1.54) is 6.92 Å². The number of ketones is 1. The maximum absolute atomic E-state index is 10.7. The molecule has 2 atom stereocenters. The lowest BCUT2D eigenvalue weighted by atomic mass is 9.90. The van der Waals surface area contributed by atoms with E-state index in [1.54, 1.807) is 6.92 Å². The van der Waals surface area contributed by atoms with Crippen LogP contribution in [-0.2, 0) is 14.4 Å². The molecular weight excluding hydrogens is 338 g/mol. The zero-order valence-corrected chi connectivity index (χ0v) is 18.8. The molecular formula is C19H41NO4S. The van der Waals surface area contributed by atoms with Crippen LogP contribution in [0.15, 0.2) is 0 Å². The summed E-state index contributed by atoms with van der Waals surface area (Å²) >= 11 is 3.81. The maximum Gasteiger partial charge on any atom is 0.239 e. The predicted molar refractivity (Wildman–Crippen MR) is 110 cm³/mol. The summed E-state index contributed by atoms with van der Waals surface area (Å²) in [6.45, 7) is 19.3. The number of amides is 2. The molecule has 1 heterocycles. The predicted octanol–water partition coefficient (Wildman–Crippen LogP) is 4.17. The van der Waals surface area contributed by atoms with Crippen LogP contribution in [0.4, 0.5) is 0 Å². The van der Waals surface area contributed by atoms with Crippen LogP contribution >= 0.6 is 12.6 Å². The zero-order valence-electron chi connectivity index (χ0n) is 17.9. The van der Waals surface area contributed by atoms with E-state index in [2.05, 4.69) is 17.9 Å². The molecule has 1 saturated heterocycles. The van der Waals surface area contributed by atoms with E-state index in [-0.39, 0.29) is 30.4 Å². The molecule has 5 nitrogen and oxygen atoms in total. The Morgan fingerprint density at radius 3 is 1.76 bits per heavy atom. The molecule has 2 N–H and O–H groups in total. The third-order valence-electron chi connectivity index (χ3n) is 2.42. The van der Waals surface area contributed by atoms with Gasteiger partial charge in [0.25, 0.3) is 0 Å². The van der Waals surface area contributed by atoms with Crippen LogP contribution in [0.3, 0.4) is 0 Å². The number of carbonyl (C=O) groups is 3. The van der Waals surface area contributed by atoms with E-state index < -0.39 is 10.9 Å². The fourth-order valence-electron chi connectivity index (χ4n) is 2.03. The lowest BCUT2D eigenvalue weighted by Crippen LogP contribution is -2.28. The Kier molecular flexibility index (Phi) is 24.8. The number of imide groups is 1. The van der Waals surface area contributed by atoms with Crippen LogP contribution in [0.25, 0.3) is 0 Å². The Bertz CT molecular complexity index is 355. The number of hydrogen-bond acceptors (Lipinski definition) is 5. The molecule has 0 aromatic carbocycles. The molecule has 6 heteroatoms. The molecule has 2 unspecified atom stereocenters. The summed E-state index contributed by atoms with van der Waals surface area (Å²) in [6, 6.07) is 0. The minimum atomic E-state index is -0.806. The van der Waals surface area contributed by atoms with E-state index in [4.69, 9.17) is 0 Å². The van der Waals surface area contributed by atoms with Gasteiger partial charge in [-0.05, 0) is 26.2 Å². The molecule has 0 aromatic rings. The fraction of sp³-hybridized carbons (Fsp3) is 0.842. The minimum Gasteiger partial charge on any atom is -0.390 e. The van der Waals surface area contributed by atoms with Gasteiger partial charge >= 0.3 is 0 Å². The minimum absolute atomic E-state index is 0.0515. The van der Waals surface area contributed by atoms with Crippen LogP contribution in [-0.4, -0.2) is 33.6 Å². The Balaban J connectivity index is -0.000000138. The van der Waals surface area contributed by atoms with Gasteiger partial charge in [-0.2, -0.15) is 12.6 Å². The molecule has 1 fully saturated rings. The number of Topliss-reactive ketones (excluding diaryl/α,β-unsaturated/α-hetero) is 1. The van der Waals surface area contributed by atoms with Gasteiger partial charge in [0.1, 0.15) is 5.78 Å². The molecule has 1 aliphatic rings. The first-order valence-corrected chi connectivity index (χ1v) is 9.78. The summed E-state index contributed by atoms with van der Waals surface area (Å²) in [5, 5.41) is 11.3. The Morgan fingerprint density at radius 1 is 1.20 bits per heavy atom. The average molecular weight is 380 g/mol. The van der Waals surface area contributed by atoms with E-state index in [1.807, 2.05) is 55.4 Å². The topological polar surface area (TPSA) is 83.5 Å². The summed E-state index contributed by atoms with van der Waals surface area (Å²) in [4.78, 5) is 31.3. The normalized spacial score (nSPS) is 17.1. The van der Waals surface area contributed by atoms with Gasteiger partial charge in [-0.25, -0.2) is 0 Å². The second kappa shape index (κ2) is 19.4. The number of hydrogen-bond donors (Lipinski definition) is 3. The van der Waals surface area contributed by atoms with Gasteiger partial charge in [0, 0.05) is 12.8 Å². The van der Waals surface area contributed by atoms with Crippen LogP contribution in [0, 0.1) is 5.92 Å². The van der Waals surface area contributed by atoms with Crippen molar-refractivity contribution in [3.05, 3.63) is 0 Å². The van der Waals surface area contributed by atoms with Crippen molar-refractivity contribution >= 4 is 30.2 Å². The summed E-state index contributed by atoms with van der Waals surface area (Å²) in [6.07, 6.45) is 1.18. The molecule has 0 bridgehead atoms. The molecule has 2 amide bonds. The third-order valence-corrected chi connectivity index (χ3v) is 2.84. The largest absolute Gasteiger partial charge is 0.390 e. The maximum atomic E-state index is 10.7. The first-order chi connectivity index (χ1) is 11.5. The Morgan fingerprint density at radius 2 is 1.60 bits per heavy atom. The van der Waals surface area contributed by atoms with Gasteiger partial charge in [-0.1, -0.05) is 55.4 Å². The Hall–Kier alpha value is -0.880. The highest BCUT2D eigenvalue weighted by Crippen LogP contribution is 2.19. The lowest BCUT2D eigenvalue weighted by Gasteiger charge is -2.23. The SMILES string of the molecule is CC.CC.CC.CC(=O)CC(C)(O)CC(C)C.O=C1CC(S)C(=O)N1. The van der Waals surface area contributed by atoms with E-state index in [9.17, 15) is 19.5 Å². The first-order valence-electron chi connectivity index (χ1n) is 9.27. The van der Waals surface area contributed by atoms with Crippen LogP contribution in [0.5, 0.6) is 0 Å². The van der Waals surface area contributed by atoms with Crippen molar-refractivity contribution in [2.75, 3.05) is 0 Å². The summed E-state index contributed by atoms with van der Waals surface area (Å²) in [7, 11) is 0. The van der Waals surface area contributed by atoms with Gasteiger partial charge in [-0.3, -0.25) is 19.7 Å². The highest BCUT2D eigenvalue weighted by Gasteiger charge is 2.26. The standard InChI is InChI=1S/C9H18O2.C4H5NO2S.3C2H6/c1-7(2)5-9(4,11)6-8(3)10;6-3-1-2(8)4(7)5-3;3*1-2/h7,11H,5-6H2,1-4H3;2,8H,1H2,(H,5,6,7);3*1-2H3. The summed E-state index contributed by atoms with van der Waals surface area (Å²) < 4.78 is 0. The van der Waals surface area contributed by atoms with Crippen LogP contribution < -0.4 is 5.32 Å². The summed E-state index contributed by atoms with van der Waals surface area (Å²) in [5.41, 5.74) is -0.806. The first kappa shape index (κ1) is 31.8. The van der Waals surface area contributed by atoms with Crippen molar-refractivity contribution in [2.24, 2.45) is 5.92 Å². The molecule has 1 rings (SSSR count). The van der Waals surface area contributed by atoms with E-state index in [0.29, 0.717) is 12.3 Å². The van der Waals surface area contributed by atoms with Crippen molar-refractivity contribution in [1.29, 1.82) is 0 Å². The second-order valence-corrected chi connectivity index (χ2v) is 6.23. The van der Waals surface area contributed by atoms with Crippen molar-refractivity contribution in [2.45, 2.75) is 99.4 Å². The smallest absolute Gasteiger partial charge is 0.239 e. The third kappa shape index (κ3) is 23.1. The molecule has 0 aromatic heterocycles. The summed E-state index contributed by atoms with van der Waals surface area (Å²) in [5.74, 6) is -0.0201. The van der Waals surface area contributed by atoms with Crippen LogP contribution in [0.2, 0.25) is 0 Å². The van der Waals surface area contributed by atoms with Crippen molar-refractivity contribution in [1.82, 2.24) is 5.32 Å². The average Bonchev–Trinajstić information content (AvgIpc) is 2.79. The van der Waals surface area contributed by atoms with Gasteiger partial charge < -0.3 is 5.11 Å². The fourth-order valence-corrected chi connectivity index (χ4v) is 2.26. The molecule has 25 heavy (non-hydrogen) atoms. The van der Waals surface area contributed by atoms with Crippen molar-refractivity contribution in [3.63, 3.8) is 0 Å². The number of thiol groups is 1. The van der Waals surface area contributed by atoms with Gasteiger partial charge in [0.2, 0.25) is 11.8 Å². The van der Waals surface area contributed by atoms with Gasteiger partial charge in [0.05, 0.1) is 10.9 Å². The molecule has 0 radical (unpaired) electrons. The number of nitrogens with one attached hydrogen (secondary N) is 1. The van der Waals surface area contributed by atoms with E-state index in [0.717, 1.165) is 0 Å². The molecule has 152 valence electrons. The molecule has 0 spiro atoms. The quantitative estimate of drug-likeness (QED) is 0.505. The van der Waals surface area contributed by atoms with Gasteiger partial charge in [0.15, 0.2) is 0 Å². The monoisotopic (exact) mass is 379 g/mol. The lowest BCUT2D eigenvalue weighted by molar-refractivity contribution is -0.125. The molecule has 0 aliphatic carbocycles. The Labute approximate surface area is 160 Å². The zero-order chi connectivity index (χ0) is 21.2. The van der Waals surface area contributed by atoms with Gasteiger partial charge in [-0.15, -0.1) is 0 Å². The highest BCUT2D eigenvalue weighted by atomic mass is 32.1. The second-order valence-electron chi connectivity index (χ2n) is 5.61.